The van der Waals surface area contributed by atoms with E-state index in [4.69, 9.17) is 5.73 Å². The first-order chi connectivity index (χ1) is 6.68. The van der Waals surface area contributed by atoms with Crippen LogP contribution in [-0.4, -0.2) is 23.1 Å². The molecule has 0 saturated carbocycles. The molecule has 1 aromatic rings. The Hall–Kier alpha value is -1.32. The van der Waals surface area contributed by atoms with Crippen LogP contribution in [0.2, 0.25) is 0 Å². The molecule has 1 aliphatic rings. The van der Waals surface area contributed by atoms with E-state index in [0.29, 0.717) is 17.7 Å². The Kier molecular flexibility index (Phi) is 2.27. The third-order valence-corrected chi connectivity index (χ3v) is 2.99. The van der Waals surface area contributed by atoms with Gasteiger partial charge in [-0.2, -0.15) is 0 Å². The Labute approximate surface area is 84.2 Å². The topological polar surface area (TPSA) is 55.0 Å². The summed E-state index contributed by atoms with van der Waals surface area (Å²) in [6, 6.07) is 0. The molecule has 1 aromatic heterocycles. The maximum atomic E-state index is 5.78. The Bertz CT molecular complexity index is 316. The van der Waals surface area contributed by atoms with Crippen LogP contribution in [0.5, 0.6) is 0 Å². The average molecular weight is 192 g/mol. The molecular weight excluding hydrogens is 176 g/mol. The number of nitrogens with two attached hydrogens (primary N) is 1. The molecule has 0 aliphatic carbocycles. The Morgan fingerprint density at radius 2 is 1.79 bits per heavy atom. The van der Waals surface area contributed by atoms with Crippen LogP contribution in [-0.2, 0) is 0 Å². The molecule has 0 amide bonds. The number of hydrogen-bond acceptors (Lipinski definition) is 4. The van der Waals surface area contributed by atoms with E-state index in [1.807, 2.05) is 0 Å². The molecule has 1 aliphatic heterocycles. The van der Waals surface area contributed by atoms with Gasteiger partial charge in [0.25, 0.3) is 0 Å². The smallest absolute Gasteiger partial charge is 0.171 e. The number of anilines is 2. The van der Waals surface area contributed by atoms with Gasteiger partial charge in [-0.05, 0) is 11.8 Å². The molecule has 2 atom stereocenters. The lowest BCUT2D eigenvalue weighted by atomic mass is 10.0. The summed E-state index contributed by atoms with van der Waals surface area (Å²) in [5, 5.41) is 0. The van der Waals surface area contributed by atoms with Crippen molar-refractivity contribution in [2.45, 2.75) is 13.8 Å². The van der Waals surface area contributed by atoms with Crippen molar-refractivity contribution in [2.75, 3.05) is 23.7 Å². The fraction of sp³-hybridized carbons (Fsp3) is 0.600. The first kappa shape index (κ1) is 9.24. The zero-order valence-electron chi connectivity index (χ0n) is 8.64. The van der Waals surface area contributed by atoms with Crippen molar-refractivity contribution >= 4 is 11.6 Å². The van der Waals surface area contributed by atoms with Crippen LogP contribution in [0.1, 0.15) is 13.8 Å². The fourth-order valence-electron chi connectivity index (χ4n) is 1.89. The Morgan fingerprint density at radius 1 is 1.21 bits per heavy atom. The minimum Gasteiger partial charge on any atom is -0.381 e. The molecular formula is C10H16N4. The van der Waals surface area contributed by atoms with Gasteiger partial charge in [0.05, 0.1) is 0 Å². The second-order valence-electron chi connectivity index (χ2n) is 4.12. The van der Waals surface area contributed by atoms with Gasteiger partial charge >= 0.3 is 0 Å². The van der Waals surface area contributed by atoms with Crippen LogP contribution in [0.25, 0.3) is 0 Å². The number of rotatable bonds is 1. The molecule has 76 valence electrons. The van der Waals surface area contributed by atoms with E-state index in [1.54, 1.807) is 12.4 Å². The number of aromatic nitrogens is 2. The maximum Gasteiger partial charge on any atom is 0.171 e. The molecule has 14 heavy (non-hydrogen) atoms. The third kappa shape index (κ3) is 1.52. The first-order valence-electron chi connectivity index (χ1n) is 5.00. The first-order valence-corrected chi connectivity index (χ1v) is 5.00. The standard InChI is InChI=1S/C10H16N4/c1-7-5-14(6-8(7)2)10-9(11)12-3-4-13-10/h3-4,7-8H,5-6H2,1-2H3,(H2,11,12). The van der Waals surface area contributed by atoms with E-state index < -0.39 is 0 Å². The van der Waals surface area contributed by atoms with Gasteiger partial charge in [-0.15, -0.1) is 0 Å². The highest BCUT2D eigenvalue weighted by molar-refractivity contribution is 5.57. The van der Waals surface area contributed by atoms with Gasteiger partial charge in [0.15, 0.2) is 11.6 Å². The van der Waals surface area contributed by atoms with E-state index in [2.05, 4.69) is 28.7 Å². The van der Waals surface area contributed by atoms with Crippen LogP contribution >= 0.6 is 0 Å². The minimum atomic E-state index is 0.536. The maximum absolute atomic E-state index is 5.78. The van der Waals surface area contributed by atoms with E-state index >= 15 is 0 Å². The van der Waals surface area contributed by atoms with Crippen LogP contribution in [0.3, 0.4) is 0 Å². The lowest BCUT2D eigenvalue weighted by Gasteiger charge is -2.17. The van der Waals surface area contributed by atoms with Crippen molar-refractivity contribution < 1.29 is 0 Å². The van der Waals surface area contributed by atoms with Gasteiger partial charge in [-0.3, -0.25) is 0 Å². The highest BCUT2D eigenvalue weighted by Gasteiger charge is 2.27. The quantitative estimate of drug-likeness (QED) is 0.725. The predicted octanol–water partition coefficient (Wildman–Crippen LogP) is 1.15. The molecule has 0 spiro atoms. The van der Waals surface area contributed by atoms with E-state index in [0.717, 1.165) is 18.9 Å². The molecule has 4 heteroatoms. The van der Waals surface area contributed by atoms with Crippen LogP contribution in [0, 0.1) is 11.8 Å². The second-order valence-corrected chi connectivity index (χ2v) is 4.12. The molecule has 4 nitrogen and oxygen atoms in total. The molecule has 0 aromatic carbocycles. The zero-order valence-corrected chi connectivity index (χ0v) is 8.64. The Balaban J connectivity index is 2.21. The molecule has 1 fully saturated rings. The van der Waals surface area contributed by atoms with Gasteiger partial charge in [0.1, 0.15) is 0 Å². The van der Waals surface area contributed by atoms with Gasteiger partial charge < -0.3 is 10.6 Å². The molecule has 0 radical (unpaired) electrons. The molecule has 0 bridgehead atoms. The van der Waals surface area contributed by atoms with Gasteiger partial charge in [0, 0.05) is 25.5 Å². The van der Waals surface area contributed by atoms with Crippen molar-refractivity contribution in [1.82, 2.24) is 9.97 Å². The van der Waals surface area contributed by atoms with Crippen molar-refractivity contribution in [3.63, 3.8) is 0 Å². The number of nitrogen functional groups attached to an aromatic ring is 1. The van der Waals surface area contributed by atoms with Crippen molar-refractivity contribution in [3.8, 4) is 0 Å². The summed E-state index contributed by atoms with van der Waals surface area (Å²) in [7, 11) is 0. The molecule has 1 saturated heterocycles. The molecule has 2 heterocycles. The third-order valence-electron chi connectivity index (χ3n) is 2.99. The van der Waals surface area contributed by atoms with Gasteiger partial charge in [0.2, 0.25) is 0 Å². The summed E-state index contributed by atoms with van der Waals surface area (Å²) in [6.07, 6.45) is 3.32. The minimum absolute atomic E-state index is 0.536. The predicted molar refractivity (Wildman–Crippen MR) is 57.0 cm³/mol. The highest BCUT2D eigenvalue weighted by atomic mass is 15.2. The Morgan fingerprint density at radius 3 is 2.36 bits per heavy atom. The zero-order chi connectivity index (χ0) is 10.1. The van der Waals surface area contributed by atoms with Gasteiger partial charge in [-0.1, -0.05) is 13.8 Å². The summed E-state index contributed by atoms with van der Waals surface area (Å²) in [6.45, 7) is 6.59. The van der Waals surface area contributed by atoms with E-state index in [9.17, 15) is 0 Å². The van der Waals surface area contributed by atoms with E-state index in [1.165, 1.54) is 0 Å². The molecule has 2 rings (SSSR count). The molecule has 2 N–H and O–H groups in total. The van der Waals surface area contributed by atoms with Crippen molar-refractivity contribution in [3.05, 3.63) is 12.4 Å². The summed E-state index contributed by atoms with van der Waals surface area (Å²) in [5.41, 5.74) is 5.78. The largest absolute Gasteiger partial charge is 0.381 e. The van der Waals surface area contributed by atoms with Crippen molar-refractivity contribution in [1.29, 1.82) is 0 Å². The SMILES string of the molecule is CC1CN(c2nccnc2N)CC1C. The summed E-state index contributed by atoms with van der Waals surface area (Å²) in [5.74, 6) is 2.78. The van der Waals surface area contributed by atoms with Crippen LogP contribution in [0.15, 0.2) is 12.4 Å². The summed E-state index contributed by atoms with van der Waals surface area (Å²) >= 11 is 0. The lowest BCUT2D eigenvalue weighted by Crippen LogP contribution is -2.22. The normalized spacial score (nSPS) is 26.9. The average Bonchev–Trinajstić information content (AvgIpc) is 2.48. The lowest BCUT2D eigenvalue weighted by molar-refractivity contribution is 0.494. The fourth-order valence-corrected chi connectivity index (χ4v) is 1.89. The summed E-state index contributed by atoms with van der Waals surface area (Å²) in [4.78, 5) is 10.5. The van der Waals surface area contributed by atoms with Crippen LogP contribution < -0.4 is 10.6 Å². The highest BCUT2D eigenvalue weighted by Crippen LogP contribution is 2.28. The molecule has 2 unspecified atom stereocenters. The monoisotopic (exact) mass is 192 g/mol. The summed E-state index contributed by atoms with van der Waals surface area (Å²) < 4.78 is 0. The van der Waals surface area contributed by atoms with Crippen molar-refractivity contribution in [2.24, 2.45) is 11.8 Å². The van der Waals surface area contributed by atoms with Crippen LogP contribution in [0.4, 0.5) is 11.6 Å². The van der Waals surface area contributed by atoms with Gasteiger partial charge in [-0.25, -0.2) is 9.97 Å². The number of hydrogen-bond donors (Lipinski definition) is 1. The second kappa shape index (κ2) is 3.44. The number of nitrogens with zero attached hydrogens (tertiary/aromatic N) is 3. The van der Waals surface area contributed by atoms with E-state index in [-0.39, 0.29) is 0 Å².